The van der Waals surface area contributed by atoms with Gasteiger partial charge >= 0.3 is 6.03 Å². The number of benzene rings is 2. The molecule has 9 heteroatoms. The number of rotatable bonds is 9. The molecule has 1 fully saturated rings. The summed E-state index contributed by atoms with van der Waals surface area (Å²) in [4.78, 5) is 38.3. The average Bonchev–Trinajstić information content (AvgIpc) is 3.05. The molecule has 4 amide bonds. The molecule has 0 bridgehead atoms. The molecule has 3 rings (SSSR count). The maximum atomic E-state index is 12.7. The Hall–Kier alpha value is -3.75. The monoisotopic (exact) mass is 427 g/mol. The van der Waals surface area contributed by atoms with Gasteiger partial charge in [-0.3, -0.25) is 14.5 Å². The Labute approximate surface area is 180 Å². The number of imide groups is 1. The maximum Gasteiger partial charge on any atom is 0.325 e. The van der Waals surface area contributed by atoms with Crippen molar-refractivity contribution in [2.24, 2.45) is 0 Å². The molecule has 1 aliphatic heterocycles. The van der Waals surface area contributed by atoms with Crippen molar-refractivity contribution in [3.8, 4) is 17.2 Å². The molecule has 0 radical (unpaired) electrons. The second-order valence-electron chi connectivity index (χ2n) is 6.94. The van der Waals surface area contributed by atoms with Gasteiger partial charge in [0.1, 0.15) is 11.8 Å². The van der Waals surface area contributed by atoms with Crippen LogP contribution in [0.5, 0.6) is 17.2 Å². The number of carbonyl (C=O) groups excluding carboxylic acids is 3. The van der Waals surface area contributed by atoms with Crippen molar-refractivity contribution in [2.45, 2.75) is 25.6 Å². The van der Waals surface area contributed by atoms with Crippen molar-refractivity contribution in [2.75, 3.05) is 21.3 Å². The van der Waals surface area contributed by atoms with Gasteiger partial charge in [0, 0.05) is 6.54 Å². The van der Waals surface area contributed by atoms with Crippen LogP contribution in [0, 0.1) is 0 Å². The lowest BCUT2D eigenvalue weighted by Crippen LogP contribution is -2.36. The first-order chi connectivity index (χ1) is 14.9. The molecule has 2 aromatic carbocycles. The zero-order valence-corrected chi connectivity index (χ0v) is 17.6. The molecular weight excluding hydrogens is 402 g/mol. The average molecular weight is 427 g/mol. The summed E-state index contributed by atoms with van der Waals surface area (Å²) in [7, 11) is 4.62. The molecule has 0 aliphatic carbocycles. The van der Waals surface area contributed by atoms with Gasteiger partial charge in [-0.15, -0.1) is 0 Å². The van der Waals surface area contributed by atoms with Gasteiger partial charge < -0.3 is 24.8 Å². The topological polar surface area (TPSA) is 106 Å². The van der Waals surface area contributed by atoms with Crippen LogP contribution in [-0.4, -0.2) is 50.1 Å². The van der Waals surface area contributed by atoms with Crippen LogP contribution in [-0.2, 0) is 22.7 Å². The standard InChI is InChI=1S/C22H25N3O6/c1-29-16-7-4-14(5-8-16)12-23-20(26)11-17-21(27)25(22(28)24-17)13-15-6-9-18(30-2)19(10-15)31-3/h4-10,17H,11-13H2,1-3H3,(H,23,26)(H,24,28). The number of nitrogens with zero attached hydrogens (tertiary/aromatic N) is 1. The number of carbonyl (C=O) groups is 3. The van der Waals surface area contributed by atoms with E-state index in [9.17, 15) is 14.4 Å². The summed E-state index contributed by atoms with van der Waals surface area (Å²) in [5, 5.41) is 5.33. The lowest BCUT2D eigenvalue weighted by molar-refractivity contribution is -0.131. The number of methoxy groups -OCH3 is 3. The summed E-state index contributed by atoms with van der Waals surface area (Å²) < 4.78 is 15.6. The minimum Gasteiger partial charge on any atom is -0.497 e. The van der Waals surface area contributed by atoms with Crippen LogP contribution in [0.2, 0.25) is 0 Å². The normalized spacial score (nSPS) is 15.5. The van der Waals surface area contributed by atoms with E-state index in [1.54, 1.807) is 37.4 Å². The first-order valence-corrected chi connectivity index (χ1v) is 9.67. The van der Waals surface area contributed by atoms with Crippen LogP contribution in [0.25, 0.3) is 0 Å². The molecule has 0 spiro atoms. The Balaban J connectivity index is 1.56. The minimum atomic E-state index is -0.900. The van der Waals surface area contributed by atoms with E-state index in [4.69, 9.17) is 14.2 Å². The van der Waals surface area contributed by atoms with E-state index in [1.807, 2.05) is 12.1 Å². The van der Waals surface area contributed by atoms with Gasteiger partial charge in [-0.05, 0) is 35.4 Å². The summed E-state index contributed by atoms with van der Waals surface area (Å²) in [5.41, 5.74) is 1.59. The van der Waals surface area contributed by atoms with Crippen LogP contribution in [0.4, 0.5) is 4.79 Å². The molecule has 0 aromatic heterocycles. The SMILES string of the molecule is COc1ccc(CNC(=O)CC2NC(=O)N(Cc3ccc(OC)c(OC)c3)C2=O)cc1. The number of hydrogen-bond acceptors (Lipinski definition) is 6. The third-order valence-corrected chi connectivity index (χ3v) is 4.93. The molecule has 1 heterocycles. The van der Waals surface area contributed by atoms with Gasteiger partial charge in [0.05, 0.1) is 34.3 Å². The van der Waals surface area contributed by atoms with Crippen molar-refractivity contribution in [1.29, 1.82) is 0 Å². The number of urea groups is 1. The second-order valence-corrected chi connectivity index (χ2v) is 6.94. The Kier molecular flexibility index (Phi) is 6.96. The predicted molar refractivity (Wildman–Crippen MR) is 112 cm³/mol. The lowest BCUT2D eigenvalue weighted by Gasteiger charge is -2.15. The molecule has 1 atom stereocenters. The quantitative estimate of drug-likeness (QED) is 0.592. The Morgan fingerprint density at radius 1 is 0.968 bits per heavy atom. The van der Waals surface area contributed by atoms with Gasteiger partial charge in [0.2, 0.25) is 5.91 Å². The summed E-state index contributed by atoms with van der Waals surface area (Å²) >= 11 is 0. The van der Waals surface area contributed by atoms with Crippen LogP contribution in [0.1, 0.15) is 17.5 Å². The predicted octanol–water partition coefficient (Wildman–Crippen LogP) is 1.84. The number of amides is 4. The van der Waals surface area contributed by atoms with Crippen LogP contribution >= 0.6 is 0 Å². The molecule has 1 aliphatic rings. The smallest absolute Gasteiger partial charge is 0.325 e. The number of ether oxygens (including phenoxy) is 3. The van der Waals surface area contributed by atoms with E-state index in [0.717, 1.165) is 16.2 Å². The third kappa shape index (κ3) is 5.25. The van der Waals surface area contributed by atoms with Crippen molar-refractivity contribution >= 4 is 17.8 Å². The zero-order valence-electron chi connectivity index (χ0n) is 17.6. The molecule has 0 saturated carbocycles. The van der Waals surface area contributed by atoms with E-state index < -0.39 is 18.0 Å². The summed E-state index contributed by atoms with van der Waals surface area (Å²) in [6.07, 6.45) is -0.136. The molecule has 164 valence electrons. The van der Waals surface area contributed by atoms with Crippen molar-refractivity contribution in [1.82, 2.24) is 15.5 Å². The molecule has 2 N–H and O–H groups in total. The van der Waals surface area contributed by atoms with Crippen LogP contribution in [0.3, 0.4) is 0 Å². The molecule has 9 nitrogen and oxygen atoms in total. The molecule has 2 aromatic rings. The van der Waals surface area contributed by atoms with Gasteiger partial charge in [-0.25, -0.2) is 4.79 Å². The highest BCUT2D eigenvalue weighted by atomic mass is 16.5. The minimum absolute atomic E-state index is 0.0645. The summed E-state index contributed by atoms with van der Waals surface area (Å²) in [6, 6.07) is 11.0. The largest absolute Gasteiger partial charge is 0.497 e. The van der Waals surface area contributed by atoms with Gasteiger partial charge in [0.15, 0.2) is 11.5 Å². The first-order valence-electron chi connectivity index (χ1n) is 9.67. The van der Waals surface area contributed by atoms with Crippen molar-refractivity contribution in [3.05, 3.63) is 53.6 Å². The number of hydrogen-bond donors (Lipinski definition) is 2. The van der Waals surface area contributed by atoms with Crippen LogP contribution < -0.4 is 24.8 Å². The highest BCUT2D eigenvalue weighted by Crippen LogP contribution is 2.28. The molecule has 1 saturated heterocycles. The molecular formula is C22H25N3O6. The van der Waals surface area contributed by atoms with Crippen molar-refractivity contribution < 1.29 is 28.6 Å². The van der Waals surface area contributed by atoms with Crippen molar-refractivity contribution in [3.63, 3.8) is 0 Å². The van der Waals surface area contributed by atoms with Gasteiger partial charge in [0.25, 0.3) is 5.91 Å². The fourth-order valence-corrected chi connectivity index (χ4v) is 3.23. The second kappa shape index (κ2) is 9.84. The van der Waals surface area contributed by atoms with E-state index in [2.05, 4.69) is 10.6 Å². The molecule has 1 unspecified atom stereocenters. The fraction of sp³-hybridized carbons (Fsp3) is 0.318. The Bertz CT molecular complexity index is 960. The van der Waals surface area contributed by atoms with Gasteiger partial charge in [-0.1, -0.05) is 18.2 Å². The molecule has 31 heavy (non-hydrogen) atoms. The Morgan fingerprint density at radius 3 is 2.29 bits per heavy atom. The first kappa shape index (κ1) is 21.9. The highest BCUT2D eigenvalue weighted by Gasteiger charge is 2.39. The van der Waals surface area contributed by atoms with Gasteiger partial charge in [-0.2, -0.15) is 0 Å². The third-order valence-electron chi connectivity index (χ3n) is 4.93. The van der Waals surface area contributed by atoms with Crippen LogP contribution in [0.15, 0.2) is 42.5 Å². The fourth-order valence-electron chi connectivity index (χ4n) is 3.23. The number of nitrogens with one attached hydrogen (secondary N) is 2. The highest BCUT2D eigenvalue weighted by molar-refractivity contribution is 6.05. The van der Waals surface area contributed by atoms with E-state index in [0.29, 0.717) is 23.6 Å². The van der Waals surface area contributed by atoms with E-state index >= 15 is 0 Å². The zero-order chi connectivity index (χ0) is 22.4. The summed E-state index contributed by atoms with van der Waals surface area (Å²) in [5.74, 6) is 1.00. The Morgan fingerprint density at radius 2 is 1.65 bits per heavy atom. The summed E-state index contributed by atoms with van der Waals surface area (Å²) in [6.45, 7) is 0.377. The maximum absolute atomic E-state index is 12.7. The van der Waals surface area contributed by atoms with E-state index in [1.165, 1.54) is 14.2 Å². The lowest BCUT2D eigenvalue weighted by atomic mass is 10.1. The van der Waals surface area contributed by atoms with E-state index in [-0.39, 0.29) is 18.9 Å².